The molecule has 3 rings (SSSR count). The third-order valence-corrected chi connectivity index (χ3v) is 5.43. The van der Waals surface area contributed by atoms with Crippen LogP contribution in [0.1, 0.15) is 22.3 Å². The van der Waals surface area contributed by atoms with Gasteiger partial charge < -0.3 is 20.2 Å². The average molecular weight is 544 g/mol. The van der Waals surface area contributed by atoms with Crippen LogP contribution in [0.2, 0.25) is 0 Å². The minimum Gasteiger partial charge on any atom is -0.475 e. The highest BCUT2D eigenvalue weighted by atomic mass is 79.9. The van der Waals surface area contributed by atoms with Gasteiger partial charge in [-0.25, -0.2) is 4.79 Å². The summed E-state index contributed by atoms with van der Waals surface area (Å²) < 4.78 is 32.7. The molecule has 0 bridgehead atoms. The Morgan fingerprint density at radius 1 is 1.00 bits per heavy atom. The molecule has 0 radical (unpaired) electrons. The Labute approximate surface area is 203 Å². The molecule has 184 valence electrons. The molecule has 1 heterocycles. The smallest absolute Gasteiger partial charge is 0.475 e. The van der Waals surface area contributed by atoms with E-state index in [4.69, 9.17) is 9.90 Å². The van der Waals surface area contributed by atoms with Crippen molar-refractivity contribution in [1.82, 2.24) is 15.1 Å². The number of nitrogens with one attached hydrogen (secondary N) is 1. The van der Waals surface area contributed by atoms with E-state index in [1.165, 1.54) is 0 Å². The minimum atomic E-state index is -5.08. The van der Waals surface area contributed by atoms with Gasteiger partial charge in [-0.2, -0.15) is 13.2 Å². The highest BCUT2D eigenvalue weighted by Gasteiger charge is 2.38. The van der Waals surface area contributed by atoms with Crippen LogP contribution >= 0.6 is 15.9 Å². The molecule has 2 amide bonds. The van der Waals surface area contributed by atoms with E-state index in [1.54, 1.807) is 4.90 Å². The molecule has 1 aliphatic rings. The van der Waals surface area contributed by atoms with Crippen molar-refractivity contribution >= 4 is 33.7 Å². The summed E-state index contributed by atoms with van der Waals surface area (Å²) in [6.45, 7) is 4.02. The number of amides is 2. The number of rotatable bonds is 6. The number of benzene rings is 2. The third-order valence-electron chi connectivity index (χ3n) is 4.90. The van der Waals surface area contributed by atoms with Crippen LogP contribution in [-0.2, 0) is 16.1 Å². The molecular weight excluding hydrogens is 519 g/mol. The number of halogens is 4. The van der Waals surface area contributed by atoms with Gasteiger partial charge in [-0.3, -0.25) is 9.59 Å². The Morgan fingerprint density at radius 3 is 2.09 bits per heavy atom. The summed E-state index contributed by atoms with van der Waals surface area (Å²) in [7, 11) is 0. The summed E-state index contributed by atoms with van der Waals surface area (Å²) in [6, 6.07) is 17.2. The number of carboxylic acids is 1. The third kappa shape index (κ3) is 9.14. The van der Waals surface area contributed by atoms with Gasteiger partial charge in [0.25, 0.3) is 5.91 Å². The summed E-state index contributed by atoms with van der Waals surface area (Å²) in [4.78, 5) is 38.0. The fourth-order valence-electron chi connectivity index (χ4n) is 3.13. The van der Waals surface area contributed by atoms with Crippen LogP contribution in [-0.4, -0.2) is 71.6 Å². The molecule has 0 atom stereocenters. The quantitative estimate of drug-likeness (QED) is 0.581. The summed E-state index contributed by atoms with van der Waals surface area (Å²) >= 11 is 3.44. The van der Waals surface area contributed by atoms with Crippen molar-refractivity contribution in [3.63, 3.8) is 0 Å². The average Bonchev–Trinajstić information content (AvgIpc) is 2.83. The van der Waals surface area contributed by atoms with Gasteiger partial charge in [0.15, 0.2) is 0 Å². The number of alkyl halides is 3. The van der Waals surface area contributed by atoms with Gasteiger partial charge in [-0.1, -0.05) is 46.3 Å². The van der Waals surface area contributed by atoms with Gasteiger partial charge in [0.1, 0.15) is 0 Å². The zero-order valence-electron chi connectivity index (χ0n) is 18.2. The van der Waals surface area contributed by atoms with E-state index in [0.717, 1.165) is 36.2 Å². The van der Waals surface area contributed by atoms with E-state index in [2.05, 4.69) is 21.2 Å². The first-order chi connectivity index (χ1) is 16.1. The van der Waals surface area contributed by atoms with Gasteiger partial charge in [-0.15, -0.1) is 0 Å². The molecule has 0 spiro atoms. The Hall–Kier alpha value is -2.92. The summed E-state index contributed by atoms with van der Waals surface area (Å²) in [5.74, 6) is -2.70. The molecule has 1 aliphatic heterocycles. The molecule has 2 aromatic carbocycles. The number of nitrogens with zero attached hydrogens (tertiary/aromatic N) is 2. The monoisotopic (exact) mass is 543 g/mol. The van der Waals surface area contributed by atoms with Gasteiger partial charge >= 0.3 is 12.1 Å². The lowest BCUT2D eigenvalue weighted by Gasteiger charge is -2.29. The van der Waals surface area contributed by atoms with Crippen molar-refractivity contribution in [3.8, 4) is 0 Å². The number of carboxylic acid groups (broad SMARTS) is 1. The maximum Gasteiger partial charge on any atom is 0.490 e. The van der Waals surface area contributed by atoms with E-state index in [-0.39, 0.29) is 11.8 Å². The fourth-order valence-corrected chi connectivity index (χ4v) is 3.39. The van der Waals surface area contributed by atoms with Crippen molar-refractivity contribution in [2.24, 2.45) is 0 Å². The second kappa shape index (κ2) is 13.1. The zero-order chi connectivity index (χ0) is 25.1. The highest BCUT2D eigenvalue weighted by molar-refractivity contribution is 9.10. The molecule has 1 saturated heterocycles. The summed E-state index contributed by atoms with van der Waals surface area (Å²) in [5.41, 5.74) is 1.68. The van der Waals surface area contributed by atoms with E-state index < -0.39 is 12.1 Å². The summed E-state index contributed by atoms with van der Waals surface area (Å²) in [6.07, 6.45) is -4.74. The Kier molecular flexibility index (Phi) is 10.5. The van der Waals surface area contributed by atoms with Crippen LogP contribution in [0.15, 0.2) is 59.1 Å². The van der Waals surface area contributed by atoms with Crippen molar-refractivity contribution in [3.05, 3.63) is 70.2 Å². The fraction of sp³-hybridized carbons (Fsp3) is 0.348. The van der Waals surface area contributed by atoms with Gasteiger partial charge in [-0.05, 0) is 29.8 Å². The van der Waals surface area contributed by atoms with Crippen LogP contribution in [0.25, 0.3) is 0 Å². The van der Waals surface area contributed by atoms with Crippen LogP contribution in [0.5, 0.6) is 0 Å². The maximum absolute atomic E-state index is 13.0. The van der Waals surface area contributed by atoms with Crippen LogP contribution in [0.4, 0.5) is 13.2 Å². The molecule has 0 aliphatic carbocycles. The molecule has 1 fully saturated rings. The first kappa shape index (κ1) is 27.3. The van der Waals surface area contributed by atoms with E-state index >= 15 is 0 Å². The van der Waals surface area contributed by atoms with Crippen LogP contribution in [0.3, 0.4) is 0 Å². The molecule has 2 aromatic rings. The van der Waals surface area contributed by atoms with Gasteiger partial charge in [0.2, 0.25) is 5.91 Å². The SMILES string of the molecule is O=C(CCN(Cc1ccc(Br)cc1)C(=O)c1ccccc1)N1CCNCC1.O=C(O)C(F)(F)F. The first-order valence-electron chi connectivity index (χ1n) is 10.5. The number of piperazine rings is 1. The predicted molar refractivity (Wildman–Crippen MR) is 123 cm³/mol. The van der Waals surface area contributed by atoms with Gasteiger partial charge in [0.05, 0.1) is 0 Å². The van der Waals surface area contributed by atoms with E-state index in [1.807, 2.05) is 59.5 Å². The molecule has 11 heteroatoms. The number of carbonyl (C=O) groups excluding carboxylic acids is 2. The molecule has 34 heavy (non-hydrogen) atoms. The standard InChI is InChI=1S/C21H24BrN3O2.C2HF3O2/c22-19-8-6-17(7-9-19)16-25(21(27)18-4-2-1-3-5-18)13-10-20(26)24-14-11-23-12-15-24;3-2(4,5)1(6)7/h1-9,23H,10-16H2;(H,6,7). The predicted octanol–water partition coefficient (Wildman–Crippen LogP) is 3.55. The Bertz CT molecular complexity index is 950. The van der Waals surface area contributed by atoms with E-state index in [0.29, 0.717) is 25.1 Å². The minimum absolute atomic E-state index is 0.0494. The van der Waals surface area contributed by atoms with Crippen LogP contribution in [0, 0.1) is 0 Å². The number of hydrogen-bond acceptors (Lipinski definition) is 4. The number of aliphatic carboxylic acids is 1. The lowest BCUT2D eigenvalue weighted by molar-refractivity contribution is -0.192. The Balaban J connectivity index is 0.000000509. The van der Waals surface area contributed by atoms with Crippen molar-refractivity contribution < 1.29 is 32.7 Å². The normalized spacial score (nSPS) is 13.5. The van der Waals surface area contributed by atoms with Crippen LogP contribution < -0.4 is 5.32 Å². The lowest BCUT2D eigenvalue weighted by atomic mass is 10.1. The number of hydrogen-bond donors (Lipinski definition) is 2. The first-order valence-corrected chi connectivity index (χ1v) is 11.2. The number of carbonyl (C=O) groups is 3. The second-order valence-electron chi connectivity index (χ2n) is 7.40. The molecule has 0 aromatic heterocycles. The molecule has 0 saturated carbocycles. The largest absolute Gasteiger partial charge is 0.490 e. The van der Waals surface area contributed by atoms with E-state index in [9.17, 15) is 22.8 Å². The zero-order valence-corrected chi connectivity index (χ0v) is 19.8. The van der Waals surface area contributed by atoms with Gasteiger partial charge in [0, 0.05) is 55.7 Å². The molecular formula is C23H25BrF3N3O4. The molecule has 2 N–H and O–H groups in total. The molecule has 0 unspecified atom stereocenters. The lowest BCUT2D eigenvalue weighted by Crippen LogP contribution is -2.47. The van der Waals surface area contributed by atoms with Crippen molar-refractivity contribution in [2.75, 3.05) is 32.7 Å². The highest BCUT2D eigenvalue weighted by Crippen LogP contribution is 2.15. The Morgan fingerprint density at radius 2 is 1.56 bits per heavy atom. The van der Waals surface area contributed by atoms with Crippen molar-refractivity contribution in [2.45, 2.75) is 19.1 Å². The molecule has 7 nitrogen and oxygen atoms in total. The van der Waals surface area contributed by atoms with Crippen molar-refractivity contribution in [1.29, 1.82) is 0 Å². The topological polar surface area (TPSA) is 90.0 Å². The maximum atomic E-state index is 13.0. The summed E-state index contributed by atoms with van der Waals surface area (Å²) in [5, 5.41) is 10.4. The second-order valence-corrected chi connectivity index (χ2v) is 8.32.